The highest BCUT2D eigenvalue weighted by Gasteiger charge is 2.16. The summed E-state index contributed by atoms with van der Waals surface area (Å²) in [6.45, 7) is 0. The molecule has 2 N–H and O–H groups in total. The third-order valence-electron chi connectivity index (χ3n) is 3.12. The van der Waals surface area contributed by atoms with Crippen molar-refractivity contribution in [2.45, 2.75) is 0 Å². The highest BCUT2D eigenvalue weighted by molar-refractivity contribution is 9.10. The van der Waals surface area contributed by atoms with Crippen LogP contribution in [0.4, 0.5) is 14.7 Å². The number of imidazole rings is 1. The molecule has 0 bridgehead atoms. The van der Waals surface area contributed by atoms with E-state index in [4.69, 9.17) is 10.5 Å². The smallest absolute Gasteiger partial charge is 0.206 e. The summed E-state index contributed by atoms with van der Waals surface area (Å²) in [5, 5.41) is 0. The maximum atomic E-state index is 14.1. The zero-order chi connectivity index (χ0) is 15.1. The number of methoxy groups -OCH3 is 1. The number of nitrogen functional groups attached to an aromatic ring is 1. The van der Waals surface area contributed by atoms with Gasteiger partial charge >= 0.3 is 0 Å². The second kappa shape index (κ2) is 5.00. The van der Waals surface area contributed by atoms with Crippen LogP contribution in [-0.4, -0.2) is 16.7 Å². The minimum absolute atomic E-state index is 0.0645. The fraction of sp³-hybridized carbons (Fsp3) is 0.0714. The number of aromatic nitrogens is 2. The van der Waals surface area contributed by atoms with E-state index >= 15 is 0 Å². The first-order chi connectivity index (χ1) is 10.0. The molecule has 0 aliphatic carbocycles. The van der Waals surface area contributed by atoms with Gasteiger partial charge in [-0.15, -0.1) is 0 Å². The lowest BCUT2D eigenvalue weighted by molar-refractivity contribution is 0.413. The van der Waals surface area contributed by atoms with Gasteiger partial charge in [0.2, 0.25) is 5.95 Å². The van der Waals surface area contributed by atoms with E-state index in [1.54, 1.807) is 0 Å². The van der Waals surface area contributed by atoms with Crippen LogP contribution in [0.25, 0.3) is 16.7 Å². The molecule has 0 unspecified atom stereocenters. The van der Waals surface area contributed by atoms with Gasteiger partial charge in [0.15, 0.2) is 0 Å². The number of halogens is 3. The fourth-order valence-corrected chi connectivity index (χ4v) is 2.47. The van der Waals surface area contributed by atoms with Crippen LogP contribution in [0.2, 0.25) is 0 Å². The van der Waals surface area contributed by atoms with Gasteiger partial charge < -0.3 is 10.5 Å². The van der Waals surface area contributed by atoms with Crippen molar-refractivity contribution in [1.82, 2.24) is 9.55 Å². The second-order valence-corrected chi connectivity index (χ2v) is 5.23. The zero-order valence-corrected chi connectivity index (χ0v) is 12.5. The van der Waals surface area contributed by atoms with Crippen LogP contribution in [0.1, 0.15) is 0 Å². The first-order valence-electron chi connectivity index (χ1n) is 5.98. The molecular formula is C14H10BrF2N3O. The van der Waals surface area contributed by atoms with Crippen molar-refractivity contribution in [1.29, 1.82) is 0 Å². The molecule has 21 heavy (non-hydrogen) atoms. The van der Waals surface area contributed by atoms with Crippen molar-refractivity contribution >= 4 is 32.9 Å². The van der Waals surface area contributed by atoms with Gasteiger partial charge in [-0.1, -0.05) is 0 Å². The Balaban J connectivity index is 2.34. The van der Waals surface area contributed by atoms with Crippen molar-refractivity contribution < 1.29 is 13.5 Å². The molecule has 0 fully saturated rings. The first-order valence-corrected chi connectivity index (χ1v) is 6.77. The number of benzene rings is 2. The van der Waals surface area contributed by atoms with E-state index in [0.717, 1.165) is 0 Å². The van der Waals surface area contributed by atoms with E-state index in [1.165, 1.54) is 42.0 Å². The average molecular weight is 354 g/mol. The van der Waals surface area contributed by atoms with Gasteiger partial charge in [0.25, 0.3) is 0 Å². The quantitative estimate of drug-likeness (QED) is 0.764. The number of hydrogen-bond donors (Lipinski definition) is 1. The standard InChI is InChI=1S/C14H10BrF2N3O/c1-21-7-2-3-9(16)12(4-7)20-13-6-10(17)8(15)5-11(13)19-14(20)18/h2-6H,1H3,(H2,18,19). The molecule has 0 saturated heterocycles. The molecule has 3 rings (SSSR count). The lowest BCUT2D eigenvalue weighted by atomic mass is 10.2. The summed E-state index contributed by atoms with van der Waals surface area (Å²) >= 11 is 3.08. The molecule has 1 heterocycles. The Hall–Kier alpha value is -2.15. The number of anilines is 1. The second-order valence-electron chi connectivity index (χ2n) is 4.38. The monoisotopic (exact) mass is 353 g/mol. The molecular weight excluding hydrogens is 344 g/mol. The van der Waals surface area contributed by atoms with Crippen molar-refractivity contribution in [3.63, 3.8) is 0 Å². The number of nitrogens with zero attached hydrogens (tertiary/aromatic N) is 2. The average Bonchev–Trinajstić information content (AvgIpc) is 2.75. The summed E-state index contributed by atoms with van der Waals surface area (Å²) in [5.41, 5.74) is 6.84. The van der Waals surface area contributed by atoms with E-state index in [2.05, 4.69) is 20.9 Å². The number of fused-ring (bicyclic) bond motifs is 1. The number of hydrogen-bond acceptors (Lipinski definition) is 3. The molecule has 3 aromatic rings. The number of nitrogens with two attached hydrogens (primary N) is 1. The summed E-state index contributed by atoms with van der Waals surface area (Å²) in [7, 11) is 1.48. The predicted octanol–water partition coefficient (Wildman–Crippen LogP) is 3.66. The summed E-state index contributed by atoms with van der Waals surface area (Å²) in [4.78, 5) is 4.12. The highest BCUT2D eigenvalue weighted by atomic mass is 79.9. The maximum absolute atomic E-state index is 14.1. The molecule has 7 heteroatoms. The van der Waals surface area contributed by atoms with Crippen LogP contribution in [0, 0.1) is 11.6 Å². The molecule has 4 nitrogen and oxygen atoms in total. The number of rotatable bonds is 2. The molecule has 0 aliphatic rings. The highest BCUT2D eigenvalue weighted by Crippen LogP contribution is 2.30. The van der Waals surface area contributed by atoms with E-state index in [9.17, 15) is 8.78 Å². The first kappa shape index (κ1) is 13.8. The van der Waals surface area contributed by atoms with Gasteiger partial charge in [-0.2, -0.15) is 0 Å². The van der Waals surface area contributed by atoms with Crippen LogP contribution in [0.3, 0.4) is 0 Å². The van der Waals surface area contributed by atoms with Gasteiger partial charge in [0, 0.05) is 12.1 Å². The van der Waals surface area contributed by atoms with Crippen LogP contribution in [0.15, 0.2) is 34.8 Å². The Morgan fingerprint density at radius 1 is 1.19 bits per heavy atom. The van der Waals surface area contributed by atoms with Gasteiger partial charge in [-0.25, -0.2) is 13.8 Å². The van der Waals surface area contributed by atoms with Gasteiger partial charge in [0.05, 0.1) is 28.3 Å². The van der Waals surface area contributed by atoms with Gasteiger partial charge in [0.1, 0.15) is 17.4 Å². The Labute approximate surface area is 127 Å². The topological polar surface area (TPSA) is 53.1 Å². The van der Waals surface area contributed by atoms with E-state index in [-0.39, 0.29) is 16.1 Å². The van der Waals surface area contributed by atoms with Crippen molar-refractivity contribution in [2.24, 2.45) is 0 Å². The van der Waals surface area contributed by atoms with Gasteiger partial charge in [-0.3, -0.25) is 4.57 Å². The Kier molecular flexibility index (Phi) is 3.29. The van der Waals surface area contributed by atoms with Crippen LogP contribution in [-0.2, 0) is 0 Å². The predicted molar refractivity (Wildman–Crippen MR) is 79.7 cm³/mol. The summed E-state index contributed by atoms with van der Waals surface area (Å²) in [5.74, 6) is -0.461. The molecule has 0 atom stereocenters. The summed E-state index contributed by atoms with van der Waals surface area (Å²) in [6, 6.07) is 6.98. The number of ether oxygens (including phenoxy) is 1. The van der Waals surface area contributed by atoms with Crippen LogP contribution < -0.4 is 10.5 Å². The lowest BCUT2D eigenvalue weighted by Gasteiger charge is -2.10. The molecule has 0 radical (unpaired) electrons. The van der Waals surface area contributed by atoms with Crippen LogP contribution >= 0.6 is 15.9 Å². The Morgan fingerprint density at radius 2 is 1.95 bits per heavy atom. The molecule has 2 aromatic carbocycles. The van der Waals surface area contributed by atoms with Crippen molar-refractivity contribution in [3.8, 4) is 11.4 Å². The molecule has 0 saturated carbocycles. The SMILES string of the molecule is COc1ccc(F)c(-n2c(N)nc3cc(Br)c(F)cc32)c1. The normalized spacial score (nSPS) is 11.0. The molecule has 0 aliphatic heterocycles. The van der Waals surface area contributed by atoms with E-state index in [1.807, 2.05) is 0 Å². The Morgan fingerprint density at radius 3 is 2.67 bits per heavy atom. The zero-order valence-electron chi connectivity index (χ0n) is 10.9. The van der Waals surface area contributed by atoms with Crippen molar-refractivity contribution in [2.75, 3.05) is 12.8 Å². The minimum atomic E-state index is -0.509. The molecule has 0 amide bonds. The molecule has 1 aromatic heterocycles. The molecule has 0 spiro atoms. The third-order valence-corrected chi connectivity index (χ3v) is 3.72. The third kappa shape index (κ3) is 2.23. The van der Waals surface area contributed by atoms with Gasteiger partial charge in [-0.05, 0) is 34.1 Å². The summed E-state index contributed by atoms with van der Waals surface area (Å²) < 4.78 is 34.5. The lowest BCUT2D eigenvalue weighted by Crippen LogP contribution is -2.03. The summed E-state index contributed by atoms with van der Waals surface area (Å²) in [6.07, 6.45) is 0. The van der Waals surface area contributed by atoms with Crippen LogP contribution in [0.5, 0.6) is 5.75 Å². The van der Waals surface area contributed by atoms with E-state index in [0.29, 0.717) is 16.8 Å². The largest absolute Gasteiger partial charge is 0.497 e. The minimum Gasteiger partial charge on any atom is -0.497 e. The Bertz CT molecular complexity index is 848. The van der Waals surface area contributed by atoms with E-state index < -0.39 is 11.6 Å². The maximum Gasteiger partial charge on any atom is 0.206 e. The van der Waals surface area contributed by atoms with Crippen molar-refractivity contribution in [3.05, 3.63) is 46.4 Å². The molecule has 108 valence electrons. The fourth-order valence-electron chi connectivity index (χ4n) is 2.14.